The Bertz CT molecular complexity index is 709. The summed E-state index contributed by atoms with van der Waals surface area (Å²) in [6.45, 7) is 1.61. The van der Waals surface area contributed by atoms with Crippen molar-refractivity contribution in [1.29, 1.82) is 0 Å². The van der Waals surface area contributed by atoms with Gasteiger partial charge >= 0.3 is 5.97 Å². The molecule has 0 saturated heterocycles. The molecule has 2 aromatic rings. The van der Waals surface area contributed by atoms with Crippen LogP contribution in [-0.4, -0.2) is 24.1 Å². The Kier molecular flexibility index (Phi) is 5.19. The van der Waals surface area contributed by atoms with Crippen LogP contribution in [0.2, 0.25) is 0 Å². The fourth-order valence-corrected chi connectivity index (χ4v) is 2.02. The number of ether oxygens (including phenoxy) is 2. The molecule has 0 atom stereocenters. The summed E-state index contributed by atoms with van der Waals surface area (Å²) >= 11 is 0. The van der Waals surface area contributed by atoms with Crippen LogP contribution in [0, 0.1) is 0 Å². The molecular weight excluding hydrogens is 298 g/mol. The Balaban J connectivity index is 2.09. The predicted octanol–water partition coefficient (Wildman–Crippen LogP) is 2.93. The molecule has 0 aliphatic carbocycles. The number of carbonyl (C=O) groups is 2. The van der Waals surface area contributed by atoms with Crippen LogP contribution in [0.25, 0.3) is 0 Å². The van der Waals surface area contributed by atoms with Crippen LogP contribution in [0.3, 0.4) is 0 Å². The second kappa shape index (κ2) is 7.31. The zero-order valence-corrected chi connectivity index (χ0v) is 12.8. The molecule has 0 saturated carbocycles. The number of nitrogens with one attached hydrogen (secondary N) is 1. The van der Waals surface area contributed by atoms with Crippen molar-refractivity contribution in [1.82, 2.24) is 0 Å². The lowest BCUT2D eigenvalue weighted by molar-refractivity contribution is -0.114. The highest BCUT2D eigenvalue weighted by molar-refractivity contribution is 5.88. The van der Waals surface area contributed by atoms with Crippen LogP contribution in [-0.2, 0) is 11.4 Å². The Morgan fingerprint density at radius 3 is 2.39 bits per heavy atom. The highest BCUT2D eigenvalue weighted by atomic mass is 16.5. The number of aromatic carboxylic acids is 1. The zero-order valence-electron chi connectivity index (χ0n) is 12.8. The largest absolute Gasteiger partial charge is 0.496 e. The molecule has 2 rings (SSSR count). The second-order valence-electron chi connectivity index (χ2n) is 4.83. The monoisotopic (exact) mass is 315 g/mol. The van der Waals surface area contributed by atoms with Gasteiger partial charge in [0.05, 0.1) is 12.7 Å². The number of benzene rings is 2. The molecular formula is C17H17NO5. The maximum absolute atomic E-state index is 11.0. The van der Waals surface area contributed by atoms with E-state index in [2.05, 4.69) is 5.32 Å². The number of amides is 1. The maximum atomic E-state index is 11.0. The van der Waals surface area contributed by atoms with E-state index in [0.717, 1.165) is 0 Å². The second-order valence-corrected chi connectivity index (χ2v) is 4.83. The summed E-state index contributed by atoms with van der Waals surface area (Å²) < 4.78 is 10.9. The summed E-state index contributed by atoms with van der Waals surface area (Å²) in [5, 5.41) is 11.7. The fraction of sp³-hybridized carbons (Fsp3) is 0.176. The van der Waals surface area contributed by atoms with Gasteiger partial charge < -0.3 is 19.9 Å². The van der Waals surface area contributed by atoms with Crippen LogP contribution in [0.5, 0.6) is 11.5 Å². The Morgan fingerprint density at radius 1 is 1.13 bits per heavy atom. The smallest absolute Gasteiger partial charge is 0.335 e. The lowest BCUT2D eigenvalue weighted by atomic mass is 10.1. The van der Waals surface area contributed by atoms with Crippen molar-refractivity contribution in [2.45, 2.75) is 13.5 Å². The van der Waals surface area contributed by atoms with E-state index in [1.165, 1.54) is 26.2 Å². The van der Waals surface area contributed by atoms with E-state index in [-0.39, 0.29) is 18.1 Å². The van der Waals surface area contributed by atoms with Crippen molar-refractivity contribution in [3.05, 3.63) is 53.6 Å². The van der Waals surface area contributed by atoms with Crippen molar-refractivity contribution in [2.75, 3.05) is 12.4 Å². The molecule has 0 aromatic heterocycles. The Labute approximate surface area is 133 Å². The summed E-state index contributed by atoms with van der Waals surface area (Å²) in [6, 6.07) is 11.5. The van der Waals surface area contributed by atoms with Gasteiger partial charge in [0.15, 0.2) is 0 Å². The first-order valence-corrected chi connectivity index (χ1v) is 6.90. The zero-order chi connectivity index (χ0) is 16.8. The van der Waals surface area contributed by atoms with Crippen LogP contribution < -0.4 is 14.8 Å². The minimum atomic E-state index is -1.01. The van der Waals surface area contributed by atoms with Gasteiger partial charge in [0, 0.05) is 18.2 Å². The molecule has 2 N–H and O–H groups in total. The molecule has 0 fully saturated rings. The third-order valence-corrected chi connectivity index (χ3v) is 3.10. The van der Waals surface area contributed by atoms with E-state index in [1.54, 1.807) is 30.3 Å². The maximum Gasteiger partial charge on any atom is 0.335 e. The van der Waals surface area contributed by atoms with E-state index in [4.69, 9.17) is 14.6 Å². The summed E-state index contributed by atoms with van der Waals surface area (Å²) in [5.41, 5.74) is 1.49. The normalized spacial score (nSPS) is 10.0. The highest BCUT2D eigenvalue weighted by Gasteiger charge is 2.09. The molecule has 0 bridgehead atoms. The first kappa shape index (κ1) is 16.4. The summed E-state index contributed by atoms with van der Waals surface area (Å²) in [6.07, 6.45) is 0. The van der Waals surface area contributed by atoms with Crippen LogP contribution >= 0.6 is 0 Å². The van der Waals surface area contributed by atoms with Gasteiger partial charge in [-0.2, -0.15) is 0 Å². The van der Waals surface area contributed by atoms with Gasteiger partial charge in [0.25, 0.3) is 0 Å². The van der Waals surface area contributed by atoms with Gasteiger partial charge in [0.1, 0.15) is 18.1 Å². The van der Waals surface area contributed by atoms with Crippen LogP contribution in [0.1, 0.15) is 22.8 Å². The average molecular weight is 315 g/mol. The molecule has 0 spiro atoms. The molecule has 120 valence electrons. The fourth-order valence-electron chi connectivity index (χ4n) is 2.02. The number of hydrogen-bond acceptors (Lipinski definition) is 4. The number of anilines is 1. The van der Waals surface area contributed by atoms with Crippen molar-refractivity contribution in [3.63, 3.8) is 0 Å². The van der Waals surface area contributed by atoms with Crippen LogP contribution in [0.4, 0.5) is 5.69 Å². The molecule has 0 unspecified atom stereocenters. The van der Waals surface area contributed by atoms with Gasteiger partial charge in [-0.15, -0.1) is 0 Å². The standard InChI is InChI=1S/C17H17NO5/c1-11(19)18-14-4-6-15(7-5-14)23-10-13-9-12(17(20)21)3-8-16(13)22-2/h3-9H,10H2,1-2H3,(H,18,19)(H,20,21). The molecule has 0 aliphatic rings. The van der Waals surface area contributed by atoms with E-state index in [0.29, 0.717) is 22.7 Å². The number of rotatable bonds is 6. The number of carboxylic acids is 1. The lowest BCUT2D eigenvalue weighted by Crippen LogP contribution is -2.05. The average Bonchev–Trinajstić information content (AvgIpc) is 2.53. The molecule has 0 radical (unpaired) electrons. The van der Waals surface area contributed by atoms with E-state index in [9.17, 15) is 9.59 Å². The summed E-state index contributed by atoms with van der Waals surface area (Å²) in [7, 11) is 1.52. The first-order chi connectivity index (χ1) is 11.0. The molecule has 2 aromatic carbocycles. The number of carboxylic acid groups (broad SMARTS) is 1. The third kappa shape index (κ3) is 4.47. The minimum absolute atomic E-state index is 0.145. The van der Waals surface area contributed by atoms with Gasteiger partial charge in [-0.05, 0) is 42.5 Å². The van der Waals surface area contributed by atoms with Crippen LogP contribution in [0.15, 0.2) is 42.5 Å². The SMILES string of the molecule is COc1ccc(C(=O)O)cc1COc1ccc(NC(C)=O)cc1. The highest BCUT2D eigenvalue weighted by Crippen LogP contribution is 2.23. The predicted molar refractivity (Wildman–Crippen MR) is 85.0 cm³/mol. The topological polar surface area (TPSA) is 84.9 Å². The molecule has 0 aliphatic heterocycles. The number of methoxy groups -OCH3 is 1. The van der Waals surface area contributed by atoms with Gasteiger partial charge in [-0.1, -0.05) is 0 Å². The quantitative estimate of drug-likeness (QED) is 0.856. The van der Waals surface area contributed by atoms with Crippen molar-refractivity contribution < 1.29 is 24.2 Å². The van der Waals surface area contributed by atoms with E-state index < -0.39 is 5.97 Å². The summed E-state index contributed by atoms with van der Waals surface area (Å²) in [4.78, 5) is 22.0. The van der Waals surface area contributed by atoms with Crippen molar-refractivity contribution >= 4 is 17.6 Å². The molecule has 6 nitrogen and oxygen atoms in total. The van der Waals surface area contributed by atoms with Crippen molar-refractivity contribution in [3.8, 4) is 11.5 Å². The molecule has 6 heteroatoms. The lowest BCUT2D eigenvalue weighted by Gasteiger charge is -2.11. The third-order valence-electron chi connectivity index (χ3n) is 3.10. The number of hydrogen-bond donors (Lipinski definition) is 2. The minimum Gasteiger partial charge on any atom is -0.496 e. The number of carbonyl (C=O) groups excluding carboxylic acids is 1. The molecule has 23 heavy (non-hydrogen) atoms. The Morgan fingerprint density at radius 2 is 1.83 bits per heavy atom. The Hall–Kier alpha value is -3.02. The van der Waals surface area contributed by atoms with Crippen molar-refractivity contribution in [2.24, 2.45) is 0 Å². The first-order valence-electron chi connectivity index (χ1n) is 6.90. The van der Waals surface area contributed by atoms with E-state index in [1.807, 2.05) is 0 Å². The van der Waals surface area contributed by atoms with Gasteiger partial charge in [-0.25, -0.2) is 4.79 Å². The van der Waals surface area contributed by atoms with Gasteiger partial charge in [0.2, 0.25) is 5.91 Å². The van der Waals surface area contributed by atoms with Gasteiger partial charge in [-0.3, -0.25) is 4.79 Å². The summed E-state index contributed by atoms with van der Waals surface area (Å²) in [5.74, 6) is 0.00852. The molecule has 1 amide bonds. The van der Waals surface area contributed by atoms with E-state index >= 15 is 0 Å². The molecule has 0 heterocycles.